The molecule has 0 aliphatic rings. The fourth-order valence-corrected chi connectivity index (χ4v) is 1.79. The number of nitrogens with two attached hydrogens (primary N) is 2. The number of aromatic nitrogens is 4. The van der Waals surface area contributed by atoms with Gasteiger partial charge in [0.05, 0.1) is 34.2 Å². The van der Waals surface area contributed by atoms with Crippen LogP contribution in [0.25, 0.3) is 5.57 Å². The van der Waals surface area contributed by atoms with E-state index < -0.39 is 0 Å². The van der Waals surface area contributed by atoms with E-state index in [-0.39, 0.29) is 0 Å². The molecule has 0 saturated heterocycles. The third-order valence-electron chi connectivity index (χ3n) is 3.15. The highest BCUT2D eigenvalue weighted by molar-refractivity contribution is 5.69. The Hall–Kier alpha value is -2.50. The van der Waals surface area contributed by atoms with E-state index in [1.54, 1.807) is 6.33 Å². The second-order valence-electron chi connectivity index (χ2n) is 5.41. The molecule has 0 fully saturated rings. The summed E-state index contributed by atoms with van der Waals surface area (Å²) < 4.78 is 0. The van der Waals surface area contributed by atoms with E-state index in [9.17, 15) is 0 Å². The van der Waals surface area contributed by atoms with Crippen LogP contribution in [0.2, 0.25) is 0 Å². The van der Waals surface area contributed by atoms with E-state index in [4.69, 9.17) is 11.5 Å². The van der Waals surface area contributed by atoms with Crippen molar-refractivity contribution in [2.45, 2.75) is 40.5 Å². The molecule has 0 unspecified atom stereocenters. The van der Waals surface area contributed by atoms with Crippen molar-refractivity contribution in [1.29, 1.82) is 0 Å². The van der Waals surface area contributed by atoms with Crippen LogP contribution in [0.4, 0.5) is 11.4 Å². The second kappa shape index (κ2) is 7.49. The summed E-state index contributed by atoms with van der Waals surface area (Å²) in [5.41, 5.74) is 17.0. The Kier molecular flexibility index (Phi) is 5.98. The van der Waals surface area contributed by atoms with Crippen molar-refractivity contribution in [1.82, 2.24) is 19.9 Å². The molecule has 2 aromatic heterocycles. The largest absolute Gasteiger partial charge is 0.396 e. The zero-order valence-corrected chi connectivity index (χ0v) is 13.9. The van der Waals surface area contributed by atoms with Crippen molar-refractivity contribution in [3.63, 3.8) is 0 Å². The van der Waals surface area contributed by atoms with E-state index in [0.29, 0.717) is 11.6 Å². The average Bonchev–Trinajstić information content (AvgIpc) is 2.45. The highest BCUT2D eigenvalue weighted by atomic mass is 14.9. The summed E-state index contributed by atoms with van der Waals surface area (Å²) in [5, 5.41) is 0. The van der Waals surface area contributed by atoms with Crippen molar-refractivity contribution in [3.8, 4) is 0 Å². The zero-order valence-electron chi connectivity index (χ0n) is 13.9. The maximum absolute atomic E-state index is 5.76. The molecule has 6 heteroatoms. The van der Waals surface area contributed by atoms with E-state index in [1.807, 2.05) is 20.8 Å². The van der Waals surface area contributed by atoms with Gasteiger partial charge in [-0.05, 0) is 32.3 Å². The Bertz CT molecular complexity index is 664. The van der Waals surface area contributed by atoms with Gasteiger partial charge in [-0.15, -0.1) is 0 Å². The predicted octanol–water partition coefficient (Wildman–Crippen LogP) is 2.89. The number of nitrogen functional groups attached to an aromatic ring is 2. The van der Waals surface area contributed by atoms with E-state index in [1.165, 1.54) is 6.33 Å². The summed E-state index contributed by atoms with van der Waals surface area (Å²) in [5.74, 6) is 0.372. The number of allylic oxidation sites excluding steroid dienone is 1. The molecule has 0 aliphatic heterocycles. The lowest BCUT2D eigenvalue weighted by Gasteiger charge is -2.08. The van der Waals surface area contributed by atoms with Gasteiger partial charge in [-0.1, -0.05) is 20.4 Å². The van der Waals surface area contributed by atoms with E-state index >= 15 is 0 Å². The van der Waals surface area contributed by atoms with Gasteiger partial charge in [0.2, 0.25) is 0 Å². The monoisotopic (exact) mass is 300 g/mol. The summed E-state index contributed by atoms with van der Waals surface area (Å²) in [6.45, 7) is 13.5. The minimum atomic E-state index is 0.372. The van der Waals surface area contributed by atoms with Gasteiger partial charge in [0.1, 0.15) is 12.7 Å². The summed E-state index contributed by atoms with van der Waals surface area (Å²) in [6.07, 6.45) is 3.05. The van der Waals surface area contributed by atoms with Crippen molar-refractivity contribution < 1.29 is 0 Å². The van der Waals surface area contributed by atoms with Crippen LogP contribution in [0, 0.1) is 13.8 Å². The molecule has 0 saturated carbocycles. The van der Waals surface area contributed by atoms with E-state index in [0.717, 1.165) is 34.0 Å². The van der Waals surface area contributed by atoms with Gasteiger partial charge >= 0.3 is 0 Å². The van der Waals surface area contributed by atoms with Crippen LogP contribution in [-0.2, 0) is 0 Å². The van der Waals surface area contributed by atoms with Crippen LogP contribution in [-0.4, -0.2) is 19.9 Å². The van der Waals surface area contributed by atoms with Crippen LogP contribution >= 0.6 is 0 Å². The first kappa shape index (κ1) is 17.6. The molecular weight excluding hydrogens is 276 g/mol. The second-order valence-corrected chi connectivity index (χ2v) is 5.41. The molecule has 0 atom stereocenters. The first-order chi connectivity index (χ1) is 10.3. The number of anilines is 2. The van der Waals surface area contributed by atoms with Crippen molar-refractivity contribution in [2.24, 2.45) is 0 Å². The van der Waals surface area contributed by atoms with Gasteiger partial charge in [0, 0.05) is 0 Å². The summed E-state index contributed by atoms with van der Waals surface area (Å²) in [6, 6.07) is 0. The Morgan fingerprint density at radius 2 is 1.45 bits per heavy atom. The molecule has 118 valence electrons. The normalized spacial score (nSPS) is 10.1. The Morgan fingerprint density at radius 3 is 1.86 bits per heavy atom. The molecule has 0 amide bonds. The molecule has 0 aromatic carbocycles. The summed E-state index contributed by atoms with van der Waals surface area (Å²) in [7, 11) is 0. The molecule has 2 aromatic rings. The van der Waals surface area contributed by atoms with Gasteiger partial charge in [-0.2, -0.15) is 0 Å². The van der Waals surface area contributed by atoms with Gasteiger partial charge in [0.15, 0.2) is 0 Å². The van der Waals surface area contributed by atoms with Crippen LogP contribution in [0.1, 0.15) is 49.5 Å². The standard InChI is InChI=1S/C8H13N3.C8H11N3/c2*1-5(2)8-7(9)6(3)10-4-11-8/h4-5H,9H2,1-3H3;4H,1,9H2,2-3H3. The summed E-state index contributed by atoms with van der Waals surface area (Å²) in [4.78, 5) is 16.0. The highest BCUT2D eigenvalue weighted by Gasteiger charge is 2.07. The minimum Gasteiger partial charge on any atom is -0.396 e. The minimum absolute atomic E-state index is 0.372. The SMILES string of the molecule is C=C(C)c1ncnc(C)c1N.Cc1ncnc(C(C)C)c1N. The third kappa shape index (κ3) is 4.25. The predicted molar refractivity (Wildman–Crippen MR) is 91.2 cm³/mol. The zero-order chi connectivity index (χ0) is 16.9. The molecule has 6 nitrogen and oxygen atoms in total. The molecule has 2 heterocycles. The van der Waals surface area contributed by atoms with Gasteiger partial charge in [-0.25, -0.2) is 19.9 Å². The maximum atomic E-state index is 5.76. The van der Waals surface area contributed by atoms with Crippen molar-refractivity contribution in [3.05, 3.63) is 42.0 Å². The van der Waals surface area contributed by atoms with Crippen LogP contribution in [0.3, 0.4) is 0 Å². The molecule has 0 radical (unpaired) electrons. The lowest BCUT2D eigenvalue weighted by Crippen LogP contribution is -2.03. The Balaban J connectivity index is 0.000000220. The number of hydrogen-bond donors (Lipinski definition) is 2. The van der Waals surface area contributed by atoms with Gasteiger partial charge in [0.25, 0.3) is 0 Å². The highest BCUT2D eigenvalue weighted by Crippen LogP contribution is 2.19. The quantitative estimate of drug-likeness (QED) is 0.883. The molecular formula is C16H24N6. The van der Waals surface area contributed by atoms with E-state index in [2.05, 4.69) is 40.4 Å². The average molecular weight is 300 g/mol. The third-order valence-corrected chi connectivity index (χ3v) is 3.15. The smallest absolute Gasteiger partial charge is 0.116 e. The number of rotatable bonds is 2. The number of aryl methyl sites for hydroxylation is 2. The molecule has 2 rings (SSSR count). The van der Waals surface area contributed by atoms with Crippen molar-refractivity contribution >= 4 is 16.9 Å². The number of hydrogen-bond acceptors (Lipinski definition) is 6. The Morgan fingerprint density at radius 1 is 0.955 bits per heavy atom. The first-order valence-electron chi connectivity index (χ1n) is 7.05. The van der Waals surface area contributed by atoms with Crippen molar-refractivity contribution in [2.75, 3.05) is 11.5 Å². The van der Waals surface area contributed by atoms with Gasteiger partial charge < -0.3 is 11.5 Å². The molecule has 22 heavy (non-hydrogen) atoms. The molecule has 0 aliphatic carbocycles. The molecule has 0 spiro atoms. The fourth-order valence-electron chi connectivity index (χ4n) is 1.79. The maximum Gasteiger partial charge on any atom is 0.116 e. The molecule has 0 bridgehead atoms. The Labute approximate surface area is 131 Å². The fraction of sp³-hybridized carbons (Fsp3) is 0.375. The van der Waals surface area contributed by atoms with Crippen LogP contribution in [0.15, 0.2) is 19.2 Å². The first-order valence-corrected chi connectivity index (χ1v) is 7.05. The lowest BCUT2D eigenvalue weighted by molar-refractivity contribution is 0.814. The lowest BCUT2D eigenvalue weighted by atomic mass is 10.1. The van der Waals surface area contributed by atoms with Crippen LogP contribution < -0.4 is 11.5 Å². The summed E-state index contributed by atoms with van der Waals surface area (Å²) >= 11 is 0. The van der Waals surface area contributed by atoms with Gasteiger partial charge in [-0.3, -0.25) is 0 Å². The molecule has 4 N–H and O–H groups in total. The number of nitrogens with zero attached hydrogens (tertiary/aromatic N) is 4. The van der Waals surface area contributed by atoms with Crippen LogP contribution in [0.5, 0.6) is 0 Å². The topological polar surface area (TPSA) is 104 Å².